The summed E-state index contributed by atoms with van der Waals surface area (Å²) >= 11 is 0. The molecule has 9 heteroatoms. The molecule has 0 saturated heterocycles. The molecule has 0 aromatic heterocycles. The van der Waals surface area contributed by atoms with Gasteiger partial charge in [-0.3, -0.25) is 14.4 Å². The van der Waals surface area contributed by atoms with Crippen LogP contribution in [0.5, 0.6) is 5.75 Å². The van der Waals surface area contributed by atoms with Gasteiger partial charge in [0.05, 0.1) is 6.61 Å². The second kappa shape index (κ2) is 12.0. The van der Waals surface area contributed by atoms with E-state index in [2.05, 4.69) is 16.0 Å². The third-order valence-electron chi connectivity index (χ3n) is 4.66. The summed E-state index contributed by atoms with van der Waals surface area (Å²) in [4.78, 5) is 47.7. The number of hydrogen-bond acceptors (Lipinski definition) is 6. The molecule has 3 aromatic rings. The smallest absolute Gasteiger partial charge is 0.434 e. The van der Waals surface area contributed by atoms with Gasteiger partial charge in [-0.2, -0.15) is 0 Å². The number of amides is 3. The van der Waals surface area contributed by atoms with E-state index in [-0.39, 0.29) is 36.6 Å². The highest BCUT2D eigenvalue weighted by molar-refractivity contribution is 6.04. The summed E-state index contributed by atoms with van der Waals surface area (Å²) in [5.74, 6) is -0.594. The Morgan fingerprint density at radius 1 is 0.771 bits per heavy atom. The first-order valence-corrected chi connectivity index (χ1v) is 10.8. The monoisotopic (exact) mass is 475 g/mol. The van der Waals surface area contributed by atoms with Crippen LogP contribution in [0.3, 0.4) is 0 Å². The average Bonchev–Trinajstić information content (AvgIpc) is 2.83. The van der Waals surface area contributed by atoms with Gasteiger partial charge in [-0.15, -0.1) is 0 Å². The van der Waals surface area contributed by atoms with Gasteiger partial charge >= 0.3 is 6.16 Å². The van der Waals surface area contributed by atoms with Gasteiger partial charge in [0.15, 0.2) is 0 Å². The summed E-state index contributed by atoms with van der Waals surface area (Å²) in [6.07, 6.45) is -0.811. The second-order valence-electron chi connectivity index (χ2n) is 7.41. The second-order valence-corrected chi connectivity index (χ2v) is 7.41. The predicted molar refractivity (Wildman–Crippen MR) is 130 cm³/mol. The zero-order valence-electron chi connectivity index (χ0n) is 19.3. The number of carbonyl (C=O) groups excluding carboxylic acids is 4. The molecule has 3 N–H and O–H groups in total. The fraction of sp³-hybridized carbons (Fsp3) is 0.154. The molecule has 3 rings (SSSR count). The molecule has 0 heterocycles. The Balaban J connectivity index is 1.57. The fourth-order valence-electron chi connectivity index (χ4n) is 3.11. The van der Waals surface area contributed by atoms with Crippen LogP contribution >= 0.6 is 0 Å². The lowest BCUT2D eigenvalue weighted by atomic mass is 10.1. The SMILES string of the molecule is CCOC(=O)Oc1ccc(C(=O)Nc2cccc(CNC(=O)c3cccc(NC(C)=O)c3)c2)cc1. The van der Waals surface area contributed by atoms with Crippen molar-refractivity contribution in [3.8, 4) is 5.75 Å². The van der Waals surface area contributed by atoms with Crippen LogP contribution < -0.4 is 20.7 Å². The standard InChI is InChI=1S/C26H25N3O6/c1-3-34-26(33)35-23-12-10-19(11-13-23)25(32)29-21-8-4-6-18(14-21)16-27-24(31)20-7-5-9-22(15-20)28-17(2)30/h4-15H,3,16H2,1-2H3,(H,27,31)(H,28,30)(H,29,32). The third kappa shape index (κ3) is 7.71. The molecule has 0 aliphatic heterocycles. The van der Waals surface area contributed by atoms with Crippen LogP contribution in [0.2, 0.25) is 0 Å². The summed E-state index contributed by atoms with van der Waals surface area (Å²) in [6, 6.07) is 19.8. The van der Waals surface area contributed by atoms with Crippen LogP contribution in [-0.4, -0.2) is 30.5 Å². The minimum absolute atomic E-state index is 0.202. The number of hydrogen-bond donors (Lipinski definition) is 3. The van der Waals surface area contributed by atoms with Crippen molar-refractivity contribution in [2.24, 2.45) is 0 Å². The molecule has 3 amide bonds. The average molecular weight is 476 g/mol. The predicted octanol–water partition coefficient (Wildman–Crippen LogP) is 4.36. The number of benzene rings is 3. The van der Waals surface area contributed by atoms with Crippen molar-refractivity contribution in [1.82, 2.24) is 5.32 Å². The highest BCUT2D eigenvalue weighted by atomic mass is 16.7. The van der Waals surface area contributed by atoms with Crippen molar-refractivity contribution in [1.29, 1.82) is 0 Å². The first-order chi connectivity index (χ1) is 16.8. The molecule has 9 nitrogen and oxygen atoms in total. The quantitative estimate of drug-likeness (QED) is 0.329. The molecular weight excluding hydrogens is 450 g/mol. The van der Waals surface area contributed by atoms with Crippen molar-refractivity contribution in [3.05, 3.63) is 89.5 Å². The third-order valence-corrected chi connectivity index (χ3v) is 4.66. The molecule has 0 atom stereocenters. The van der Waals surface area contributed by atoms with E-state index in [0.29, 0.717) is 22.5 Å². The number of anilines is 2. The first kappa shape index (κ1) is 25.0. The van der Waals surface area contributed by atoms with Gasteiger partial charge in [-0.05, 0) is 67.1 Å². The summed E-state index contributed by atoms with van der Waals surface area (Å²) in [5.41, 5.74) is 2.67. The molecule has 0 aliphatic rings. The van der Waals surface area contributed by atoms with E-state index in [1.165, 1.54) is 31.2 Å². The number of nitrogens with one attached hydrogen (secondary N) is 3. The van der Waals surface area contributed by atoms with Crippen LogP contribution in [0.4, 0.5) is 16.2 Å². The van der Waals surface area contributed by atoms with Gasteiger partial charge in [0.1, 0.15) is 5.75 Å². The zero-order valence-corrected chi connectivity index (χ0v) is 19.3. The minimum Gasteiger partial charge on any atom is -0.434 e. The molecule has 35 heavy (non-hydrogen) atoms. The van der Waals surface area contributed by atoms with Gasteiger partial charge in [0, 0.05) is 36.0 Å². The number of ether oxygens (including phenoxy) is 2. The Labute approximate surface area is 202 Å². The Hall–Kier alpha value is -4.66. The Bertz CT molecular complexity index is 1220. The molecule has 0 fully saturated rings. The number of rotatable bonds is 8. The molecule has 180 valence electrons. The zero-order chi connectivity index (χ0) is 25.2. The minimum atomic E-state index is -0.811. The molecule has 0 spiro atoms. The largest absolute Gasteiger partial charge is 0.513 e. The summed E-state index contributed by atoms with van der Waals surface area (Å²) in [7, 11) is 0. The van der Waals surface area contributed by atoms with E-state index in [9.17, 15) is 19.2 Å². The molecular formula is C26H25N3O6. The maximum Gasteiger partial charge on any atom is 0.513 e. The summed E-state index contributed by atoms with van der Waals surface area (Å²) in [5, 5.41) is 8.27. The van der Waals surface area contributed by atoms with Gasteiger partial charge < -0.3 is 25.4 Å². The van der Waals surface area contributed by atoms with Crippen molar-refractivity contribution in [3.63, 3.8) is 0 Å². The lowest BCUT2D eigenvalue weighted by Gasteiger charge is -2.10. The van der Waals surface area contributed by atoms with E-state index < -0.39 is 6.16 Å². The Kier molecular flexibility index (Phi) is 8.55. The van der Waals surface area contributed by atoms with Crippen molar-refractivity contribution >= 4 is 35.3 Å². The lowest BCUT2D eigenvalue weighted by Crippen LogP contribution is -2.23. The van der Waals surface area contributed by atoms with Crippen LogP contribution in [0, 0.1) is 0 Å². The molecule has 0 unspecified atom stereocenters. The normalized spacial score (nSPS) is 10.1. The topological polar surface area (TPSA) is 123 Å². The lowest BCUT2D eigenvalue weighted by molar-refractivity contribution is -0.114. The summed E-state index contributed by atoms with van der Waals surface area (Å²) in [6.45, 7) is 3.51. The van der Waals surface area contributed by atoms with Crippen LogP contribution in [-0.2, 0) is 16.1 Å². The highest BCUT2D eigenvalue weighted by Gasteiger charge is 2.10. The number of carbonyl (C=O) groups is 4. The van der Waals surface area contributed by atoms with Gasteiger partial charge in [0.2, 0.25) is 5.91 Å². The van der Waals surface area contributed by atoms with Gasteiger partial charge in [-0.25, -0.2) is 4.79 Å². The highest BCUT2D eigenvalue weighted by Crippen LogP contribution is 2.16. The molecule has 0 aliphatic carbocycles. The van der Waals surface area contributed by atoms with Crippen molar-refractivity contribution in [2.75, 3.05) is 17.2 Å². The van der Waals surface area contributed by atoms with Crippen molar-refractivity contribution < 1.29 is 28.7 Å². The molecule has 0 radical (unpaired) electrons. The van der Waals surface area contributed by atoms with E-state index in [0.717, 1.165) is 5.56 Å². The Morgan fingerprint density at radius 3 is 2.14 bits per heavy atom. The molecule has 3 aromatic carbocycles. The van der Waals surface area contributed by atoms with Crippen molar-refractivity contribution in [2.45, 2.75) is 20.4 Å². The molecule has 0 bridgehead atoms. The fourth-order valence-corrected chi connectivity index (χ4v) is 3.11. The van der Waals surface area contributed by atoms with Gasteiger partial charge in [-0.1, -0.05) is 18.2 Å². The van der Waals surface area contributed by atoms with E-state index >= 15 is 0 Å². The summed E-state index contributed by atoms with van der Waals surface area (Å²) < 4.78 is 9.69. The maximum absolute atomic E-state index is 12.6. The van der Waals surface area contributed by atoms with Gasteiger partial charge in [0.25, 0.3) is 11.8 Å². The van der Waals surface area contributed by atoms with E-state index in [1.54, 1.807) is 49.4 Å². The molecule has 0 saturated carbocycles. The first-order valence-electron chi connectivity index (χ1n) is 10.8. The van der Waals surface area contributed by atoms with E-state index in [4.69, 9.17) is 9.47 Å². The van der Waals surface area contributed by atoms with Crippen LogP contribution in [0.25, 0.3) is 0 Å². The van der Waals surface area contributed by atoms with E-state index in [1.807, 2.05) is 6.07 Å². The van der Waals surface area contributed by atoms with Crippen LogP contribution in [0.1, 0.15) is 40.1 Å². The maximum atomic E-state index is 12.6. The van der Waals surface area contributed by atoms with Crippen LogP contribution in [0.15, 0.2) is 72.8 Å². The Morgan fingerprint density at radius 2 is 1.46 bits per heavy atom.